The highest BCUT2D eigenvalue weighted by Gasteiger charge is 2.46. The number of amides is 1. The lowest BCUT2D eigenvalue weighted by Crippen LogP contribution is -2.40. The zero-order chi connectivity index (χ0) is 18.1. The number of aliphatic carboxylic acids is 1. The highest BCUT2D eigenvalue weighted by Crippen LogP contribution is 2.37. The van der Waals surface area contributed by atoms with Crippen molar-refractivity contribution >= 4 is 35.3 Å². The van der Waals surface area contributed by atoms with Crippen LogP contribution in [-0.2, 0) is 4.79 Å². The van der Waals surface area contributed by atoms with E-state index in [1.165, 1.54) is 18.2 Å². The summed E-state index contributed by atoms with van der Waals surface area (Å²) < 4.78 is 43.5. The van der Waals surface area contributed by atoms with Crippen molar-refractivity contribution in [1.82, 2.24) is 4.90 Å². The molecule has 24 heavy (non-hydrogen) atoms. The first-order valence-corrected chi connectivity index (χ1v) is 7.30. The zero-order valence-corrected chi connectivity index (χ0v) is 13.3. The van der Waals surface area contributed by atoms with Crippen LogP contribution in [-0.4, -0.2) is 34.8 Å². The van der Waals surface area contributed by atoms with E-state index in [2.05, 4.69) is 0 Å². The van der Waals surface area contributed by atoms with Gasteiger partial charge in [0.1, 0.15) is 0 Å². The molecule has 0 bridgehead atoms. The molecule has 0 fully saturated rings. The van der Waals surface area contributed by atoms with Gasteiger partial charge in [0.25, 0.3) is 0 Å². The quantitative estimate of drug-likeness (QED) is 0.824. The summed E-state index contributed by atoms with van der Waals surface area (Å²) in [6, 6.07) is 4.04. The molecule has 0 saturated carbocycles. The zero-order valence-electron chi connectivity index (χ0n) is 11.8. The van der Waals surface area contributed by atoms with Gasteiger partial charge in [0.2, 0.25) is 0 Å². The molecule has 1 unspecified atom stereocenters. The van der Waals surface area contributed by atoms with Crippen molar-refractivity contribution in [2.75, 3.05) is 6.54 Å². The number of carbonyl (C=O) groups is 2. The van der Waals surface area contributed by atoms with Crippen molar-refractivity contribution in [2.45, 2.75) is 12.6 Å². The molecule has 1 atom stereocenters. The summed E-state index contributed by atoms with van der Waals surface area (Å²) in [4.78, 5) is 23.8. The number of benzene rings is 1. The van der Waals surface area contributed by atoms with Crippen LogP contribution in [0.2, 0.25) is 10.0 Å². The van der Waals surface area contributed by atoms with Crippen molar-refractivity contribution in [3.8, 4) is 5.75 Å². The first-order chi connectivity index (χ1) is 11.1. The molecule has 1 aliphatic rings. The number of nitrogens with zero attached hydrogens (tertiary/aromatic N) is 1. The molecule has 1 amide bonds. The summed E-state index contributed by atoms with van der Waals surface area (Å²) in [7, 11) is 0. The normalized spacial score (nSPS) is 18.1. The van der Waals surface area contributed by atoms with Crippen LogP contribution in [0.1, 0.15) is 6.42 Å². The number of alkyl halides is 3. The smallest absolute Gasteiger partial charge is 0.419 e. The minimum absolute atomic E-state index is 0.0310. The Hall–Kier alpha value is -1.93. The van der Waals surface area contributed by atoms with Gasteiger partial charge >= 0.3 is 18.2 Å². The van der Waals surface area contributed by atoms with Crippen molar-refractivity contribution in [3.63, 3.8) is 0 Å². The molecule has 1 aromatic rings. The summed E-state index contributed by atoms with van der Waals surface area (Å²) in [5, 5.41) is 9.29. The van der Waals surface area contributed by atoms with Gasteiger partial charge in [-0.25, -0.2) is 9.59 Å². The number of rotatable bonds is 2. The van der Waals surface area contributed by atoms with E-state index >= 15 is 0 Å². The monoisotopic (exact) mass is 383 g/mol. The standard InChI is InChI=1S/C14H10Cl2F3NO4/c15-7-1-2-11(10(16)5-7)24-13(23)20-4-3-9(14(17,18)19)8(6-20)12(21)22/h1-2,5-6,9H,3-4H2,(H,21,22). The Labute approximate surface area is 144 Å². The van der Waals surface area contributed by atoms with Crippen LogP contribution in [0.5, 0.6) is 5.75 Å². The van der Waals surface area contributed by atoms with E-state index in [0.29, 0.717) is 11.2 Å². The predicted octanol–water partition coefficient (Wildman–Crippen LogP) is 4.34. The van der Waals surface area contributed by atoms with Crippen LogP contribution in [0, 0.1) is 5.92 Å². The Kier molecular flexibility index (Phi) is 5.29. The summed E-state index contributed by atoms with van der Waals surface area (Å²) in [6.45, 7) is -0.342. The molecule has 0 saturated heterocycles. The topological polar surface area (TPSA) is 66.8 Å². The molecule has 130 valence electrons. The van der Waals surface area contributed by atoms with E-state index < -0.39 is 36.2 Å². The number of hydrogen-bond donors (Lipinski definition) is 1. The number of ether oxygens (including phenoxy) is 1. The lowest BCUT2D eigenvalue weighted by Gasteiger charge is -2.30. The Morgan fingerprint density at radius 2 is 1.96 bits per heavy atom. The maximum absolute atomic E-state index is 12.8. The Morgan fingerprint density at radius 3 is 2.50 bits per heavy atom. The molecule has 0 radical (unpaired) electrons. The molecule has 1 aliphatic heterocycles. The van der Waals surface area contributed by atoms with Gasteiger partial charge in [-0.3, -0.25) is 4.90 Å². The second-order valence-electron chi connectivity index (χ2n) is 4.91. The summed E-state index contributed by atoms with van der Waals surface area (Å²) >= 11 is 11.5. The minimum atomic E-state index is -4.71. The second-order valence-corrected chi connectivity index (χ2v) is 5.75. The molecule has 2 rings (SSSR count). The van der Waals surface area contributed by atoms with Gasteiger partial charge in [0, 0.05) is 17.8 Å². The molecule has 10 heteroatoms. The van der Waals surface area contributed by atoms with Crippen LogP contribution in [0.15, 0.2) is 30.0 Å². The van der Waals surface area contributed by atoms with E-state index in [9.17, 15) is 22.8 Å². The Bertz CT molecular complexity index is 706. The summed E-state index contributed by atoms with van der Waals surface area (Å²) in [5.74, 6) is -3.94. The summed E-state index contributed by atoms with van der Waals surface area (Å²) in [6.07, 6.45) is -5.69. The van der Waals surface area contributed by atoms with Crippen LogP contribution in [0.3, 0.4) is 0 Å². The summed E-state index contributed by atoms with van der Waals surface area (Å²) in [5.41, 5.74) is -0.923. The second kappa shape index (κ2) is 6.90. The maximum atomic E-state index is 12.8. The van der Waals surface area contributed by atoms with E-state index in [1.807, 2.05) is 0 Å². The van der Waals surface area contributed by atoms with Gasteiger partial charge in [-0.15, -0.1) is 0 Å². The van der Waals surface area contributed by atoms with E-state index in [4.69, 9.17) is 33.0 Å². The lowest BCUT2D eigenvalue weighted by atomic mass is 9.92. The Balaban J connectivity index is 2.21. The SMILES string of the molecule is O=C(O)C1=CN(C(=O)Oc2ccc(Cl)cc2Cl)CCC1C(F)(F)F. The van der Waals surface area contributed by atoms with Gasteiger partial charge < -0.3 is 9.84 Å². The maximum Gasteiger partial charge on any atom is 0.419 e. The molecule has 1 aromatic carbocycles. The molecule has 0 aromatic heterocycles. The first-order valence-electron chi connectivity index (χ1n) is 6.55. The van der Waals surface area contributed by atoms with Gasteiger partial charge in [-0.1, -0.05) is 23.2 Å². The average molecular weight is 384 g/mol. The number of carboxylic acid groups (broad SMARTS) is 1. The van der Waals surface area contributed by atoms with Crippen molar-refractivity contribution in [3.05, 3.63) is 40.0 Å². The predicted molar refractivity (Wildman–Crippen MR) is 79.1 cm³/mol. The number of halogens is 5. The molecule has 0 aliphatic carbocycles. The van der Waals surface area contributed by atoms with Gasteiger partial charge in [0.15, 0.2) is 5.75 Å². The van der Waals surface area contributed by atoms with Gasteiger partial charge in [-0.05, 0) is 24.6 Å². The van der Waals surface area contributed by atoms with Crippen LogP contribution >= 0.6 is 23.2 Å². The third kappa shape index (κ3) is 4.12. The highest BCUT2D eigenvalue weighted by molar-refractivity contribution is 6.35. The first kappa shape index (κ1) is 18.4. The molecule has 0 spiro atoms. The third-order valence-electron chi connectivity index (χ3n) is 3.30. The van der Waals surface area contributed by atoms with Crippen molar-refractivity contribution < 1.29 is 32.6 Å². The van der Waals surface area contributed by atoms with Crippen LogP contribution in [0.25, 0.3) is 0 Å². The fourth-order valence-corrected chi connectivity index (χ4v) is 2.59. The van der Waals surface area contributed by atoms with Crippen molar-refractivity contribution in [2.24, 2.45) is 5.92 Å². The van der Waals surface area contributed by atoms with E-state index in [0.717, 1.165) is 4.90 Å². The molecule has 5 nitrogen and oxygen atoms in total. The number of carboxylic acids is 1. The molecule has 1 N–H and O–H groups in total. The lowest BCUT2D eigenvalue weighted by molar-refractivity contribution is -0.173. The largest absolute Gasteiger partial charge is 0.478 e. The van der Waals surface area contributed by atoms with Crippen LogP contribution < -0.4 is 4.74 Å². The van der Waals surface area contributed by atoms with Crippen LogP contribution in [0.4, 0.5) is 18.0 Å². The van der Waals surface area contributed by atoms with Crippen molar-refractivity contribution in [1.29, 1.82) is 0 Å². The average Bonchev–Trinajstić information content (AvgIpc) is 2.48. The Morgan fingerprint density at radius 1 is 1.29 bits per heavy atom. The minimum Gasteiger partial charge on any atom is -0.478 e. The third-order valence-corrected chi connectivity index (χ3v) is 3.83. The fraction of sp³-hybridized carbons (Fsp3) is 0.286. The number of hydrogen-bond acceptors (Lipinski definition) is 3. The molecular formula is C14H10Cl2F3NO4. The van der Waals surface area contributed by atoms with Gasteiger partial charge in [0.05, 0.1) is 16.5 Å². The number of carbonyl (C=O) groups excluding carboxylic acids is 1. The molecular weight excluding hydrogens is 374 g/mol. The highest BCUT2D eigenvalue weighted by atomic mass is 35.5. The fourth-order valence-electron chi connectivity index (χ4n) is 2.15. The molecule has 1 heterocycles. The van der Waals surface area contributed by atoms with Gasteiger partial charge in [-0.2, -0.15) is 13.2 Å². The van der Waals surface area contributed by atoms with E-state index in [-0.39, 0.29) is 17.3 Å². The van der Waals surface area contributed by atoms with E-state index in [1.54, 1.807) is 0 Å².